The number of fused-ring (bicyclic) bond motifs is 1. The van der Waals surface area contributed by atoms with Crippen LogP contribution in [0.3, 0.4) is 0 Å². The smallest absolute Gasteiger partial charge is 0.325 e. The lowest BCUT2D eigenvalue weighted by Gasteiger charge is -2.31. The predicted octanol–water partition coefficient (Wildman–Crippen LogP) is 2.82. The standard InChI is InChI=1S/C27H26ClFN4O6/c1-31(2)26(37)23-18-10-11-32(14-15-4-9-20(29)19(28)12-15)25(36)22(18)24(35)27(38)33(23)17-7-5-16(6-8-17)30-13-21(34)39-3/h4-9,12,30,35H,10-11,13-14H2,1-3H3. The third-order valence-corrected chi connectivity index (χ3v) is 6.63. The molecule has 204 valence electrons. The highest BCUT2D eigenvalue weighted by molar-refractivity contribution is 6.30. The fourth-order valence-electron chi connectivity index (χ4n) is 4.36. The minimum absolute atomic E-state index is 0.0362. The van der Waals surface area contributed by atoms with Crippen LogP contribution in [0, 0.1) is 5.82 Å². The number of hydrogen-bond acceptors (Lipinski definition) is 7. The van der Waals surface area contributed by atoms with Crippen molar-refractivity contribution < 1.29 is 28.6 Å². The second-order valence-corrected chi connectivity index (χ2v) is 9.50. The molecule has 0 unspecified atom stereocenters. The first-order valence-electron chi connectivity index (χ1n) is 11.9. The molecule has 2 heterocycles. The summed E-state index contributed by atoms with van der Waals surface area (Å²) in [7, 11) is 4.31. The lowest BCUT2D eigenvalue weighted by atomic mass is 9.95. The van der Waals surface area contributed by atoms with Crippen molar-refractivity contribution in [1.82, 2.24) is 14.4 Å². The number of benzene rings is 2. The lowest BCUT2D eigenvalue weighted by molar-refractivity contribution is -0.138. The number of nitrogens with zero attached hydrogens (tertiary/aromatic N) is 3. The number of aromatic nitrogens is 1. The van der Waals surface area contributed by atoms with E-state index in [9.17, 15) is 28.7 Å². The first kappa shape index (κ1) is 27.6. The van der Waals surface area contributed by atoms with Crippen LogP contribution < -0.4 is 10.9 Å². The number of methoxy groups -OCH3 is 1. The van der Waals surface area contributed by atoms with Crippen LogP contribution in [0.4, 0.5) is 10.1 Å². The summed E-state index contributed by atoms with van der Waals surface area (Å²) in [6, 6.07) is 10.4. The van der Waals surface area contributed by atoms with E-state index in [0.717, 1.165) is 4.57 Å². The van der Waals surface area contributed by atoms with Crippen LogP contribution in [0.25, 0.3) is 5.69 Å². The molecule has 0 spiro atoms. The molecule has 12 heteroatoms. The third kappa shape index (κ3) is 5.44. The summed E-state index contributed by atoms with van der Waals surface area (Å²) in [4.78, 5) is 54.4. The zero-order chi connectivity index (χ0) is 28.4. The highest BCUT2D eigenvalue weighted by atomic mass is 35.5. The van der Waals surface area contributed by atoms with E-state index in [1.165, 1.54) is 49.2 Å². The topological polar surface area (TPSA) is 121 Å². The molecular weight excluding hydrogens is 531 g/mol. The van der Waals surface area contributed by atoms with E-state index in [4.69, 9.17) is 11.6 Å². The number of rotatable bonds is 7. The number of anilines is 1. The summed E-state index contributed by atoms with van der Waals surface area (Å²) in [6.07, 6.45) is 0.178. The highest BCUT2D eigenvalue weighted by Crippen LogP contribution is 2.31. The van der Waals surface area contributed by atoms with E-state index in [1.807, 2.05) is 0 Å². The molecule has 0 saturated heterocycles. The molecule has 2 amide bonds. The maximum atomic E-state index is 13.6. The van der Waals surface area contributed by atoms with E-state index in [2.05, 4.69) is 10.1 Å². The van der Waals surface area contributed by atoms with Gasteiger partial charge in [-0.2, -0.15) is 0 Å². The van der Waals surface area contributed by atoms with Gasteiger partial charge < -0.3 is 25.0 Å². The number of pyridine rings is 1. The van der Waals surface area contributed by atoms with Gasteiger partial charge in [0.2, 0.25) is 0 Å². The predicted molar refractivity (Wildman–Crippen MR) is 142 cm³/mol. The van der Waals surface area contributed by atoms with Gasteiger partial charge in [-0.15, -0.1) is 0 Å². The van der Waals surface area contributed by atoms with Gasteiger partial charge in [-0.25, -0.2) is 4.39 Å². The second-order valence-electron chi connectivity index (χ2n) is 9.09. The molecule has 0 radical (unpaired) electrons. The quantitative estimate of drug-likeness (QED) is 0.429. The number of carbonyl (C=O) groups is 3. The SMILES string of the molecule is COC(=O)CNc1ccc(-n2c(C(=O)N(C)C)c3c(c(O)c2=O)C(=O)N(Cc2ccc(F)c(Cl)c2)CC3)cc1. The number of carbonyl (C=O) groups excluding carboxylic acids is 3. The summed E-state index contributed by atoms with van der Waals surface area (Å²) in [6.45, 7) is 0.183. The van der Waals surface area contributed by atoms with Crippen molar-refractivity contribution >= 4 is 35.1 Å². The van der Waals surface area contributed by atoms with E-state index < -0.39 is 34.9 Å². The van der Waals surface area contributed by atoms with Crippen LogP contribution in [0.5, 0.6) is 5.75 Å². The van der Waals surface area contributed by atoms with E-state index in [0.29, 0.717) is 11.3 Å². The maximum Gasteiger partial charge on any atom is 0.325 e. The first-order chi connectivity index (χ1) is 18.5. The van der Waals surface area contributed by atoms with E-state index in [1.54, 1.807) is 24.3 Å². The zero-order valence-corrected chi connectivity index (χ0v) is 22.2. The zero-order valence-electron chi connectivity index (χ0n) is 21.5. The van der Waals surface area contributed by atoms with Crippen molar-refractivity contribution in [3.05, 3.63) is 86.0 Å². The Hall–Kier alpha value is -4.38. The Bertz CT molecular complexity index is 1520. The normalized spacial score (nSPS) is 12.6. The van der Waals surface area contributed by atoms with Crippen LogP contribution >= 0.6 is 11.6 Å². The molecule has 0 atom stereocenters. The van der Waals surface area contributed by atoms with E-state index in [-0.39, 0.29) is 53.6 Å². The lowest BCUT2D eigenvalue weighted by Crippen LogP contribution is -2.42. The molecule has 1 aromatic heterocycles. The molecule has 0 bridgehead atoms. The number of nitrogens with one attached hydrogen (secondary N) is 1. The fraction of sp³-hybridized carbons (Fsp3) is 0.259. The molecule has 0 saturated carbocycles. The Kier molecular flexibility index (Phi) is 7.91. The molecule has 3 aromatic rings. The van der Waals surface area contributed by atoms with Gasteiger partial charge in [0.05, 0.1) is 17.7 Å². The maximum absolute atomic E-state index is 13.6. The van der Waals surface area contributed by atoms with Crippen LogP contribution in [-0.2, 0) is 22.5 Å². The number of amides is 2. The summed E-state index contributed by atoms with van der Waals surface area (Å²) in [5, 5.41) is 13.7. The Labute approximate surface area is 228 Å². The van der Waals surface area contributed by atoms with Gasteiger partial charge in [0.15, 0.2) is 5.75 Å². The fourth-order valence-corrected chi connectivity index (χ4v) is 4.56. The van der Waals surface area contributed by atoms with Gasteiger partial charge >= 0.3 is 5.97 Å². The molecule has 2 aromatic carbocycles. The van der Waals surface area contributed by atoms with Crippen molar-refractivity contribution in [1.29, 1.82) is 0 Å². The molecule has 2 N–H and O–H groups in total. The highest BCUT2D eigenvalue weighted by Gasteiger charge is 2.35. The van der Waals surface area contributed by atoms with Gasteiger partial charge in [0.25, 0.3) is 17.4 Å². The molecule has 10 nitrogen and oxygen atoms in total. The molecule has 0 aliphatic carbocycles. The molecule has 4 rings (SSSR count). The molecule has 0 fully saturated rings. The molecule has 1 aliphatic heterocycles. The number of esters is 1. The van der Waals surface area contributed by atoms with Crippen molar-refractivity contribution in [2.45, 2.75) is 13.0 Å². The minimum Gasteiger partial charge on any atom is -0.502 e. The molecular formula is C27H26ClFN4O6. The Morgan fingerprint density at radius 2 is 1.85 bits per heavy atom. The number of halogens is 2. The summed E-state index contributed by atoms with van der Waals surface area (Å²) >= 11 is 5.87. The largest absolute Gasteiger partial charge is 0.502 e. The van der Waals surface area contributed by atoms with Crippen molar-refractivity contribution in [3.8, 4) is 11.4 Å². The van der Waals surface area contributed by atoms with Crippen LogP contribution in [0.15, 0.2) is 47.3 Å². The number of ether oxygens (including phenoxy) is 1. The average molecular weight is 557 g/mol. The monoisotopic (exact) mass is 556 g/mol. The number of hydrogen-bond donors (Lipinski definition) is 2. The van der Waals surface area contributed by atoms with Crippen molar-refractivity contribution in [2.24, 2.45) is 0 Å². The number of aromatic hydroxyl groups is 1. The molecule has 1 aliphatic rings. The van der Waals surface area contributed by atoms with Crippen LogP contribution in [0.1, 0.15) is 32.0 Å². The Morgan fingerprint density at radius 1 is 1.15 bits per heavy atom. The molecule has 39 heavy (non-hydrogen) atoms. The Morgan fingerprint density at radius 3 is 2.46 bits per heavy atom. The minimum atomic E-state index is -0.936. The second kappa shape index (κ2) is 11.2. The van der Waals surface area contributed by atoms with Gasteiger partial charge in [0, 0.05) is 44.1 Å². The third-order valence-electron chi connectivity index (χ3n) is 6.34. The van der Waals surface area contributed by atoms with Gasteiger partial charge in [-0.05, 0) is 48.4 Å². The van der Waals surface area contributed by atoms with Gasteiger partial charge in [0.1, 0.15) is 18.1 Å². The van der Waals surface area contributed by atoms with Crippen molar-refractivity contribution in [3.63, 3.8) is 0 Å². The first-order valence-corrected chi connectivity index (χ1v) is 12.3. The summed E-state index contributed by atoms with van der Waals surface area (Å²) < 4.78 is 19.3. The average Bonchev–Trinajstić information content (AvgIpc) is 2.92. The van der Waals surface area contributed by atoms with Crippen molar-refractivity contribution in [2.75, 3.05) is 39.6 Å². The van der Waals surface area contributed by atoms with Gasteiger partial charge in [-0.3, -0.25) is 23.7 Å². The summed E-state index contributed by atoms with van der Waals surface area (Å²) in [5.74, 6) is -2.99. The summed E-state index contributed by atoms with van der Waals surface area (Å²) in [5.41, 5.74) is 0.445. The van der Waals surface area contributed by atoms with Crippen LogP contribution in [0.2, 0.25) is 5.02 Å². The van der Waals surface area contributed by atoms with Gasteiger partial charge in [-0.1, -0.05) is 17.7 Å². The van der Waals surface area contributed by atoms with Crippen LogP contribution in [-0.4, -0.2) is 71.6 Å². The van der Waals surface area contributed by atoms with E-state index >= 15 is 0 Å². The Balaban J connectivity index is 1.77.